The zero-order valence-electron chi connectivity index (χ0n) is 16.8. The molecular weight excluding hydrogens is 384 g/mol. The van der Waals surface area contributed by atoms with Crippen LogP contribution in [0.4, 0.5) is 5.82 Å². The molecule has 1 aromatic carbocycles. The van der Waals surface area contributed by atoms with Crippen LogP contribution in [0.2, 0.25) is 0 Å². The summed E-state index contributed by atoms with van der Waals surface area (Å²) in [5.74, 6) is 1.39. The molecule has 0 saturated carbocycles. The molecule has 154 valence electrons. The van der Waals surface area contributed by atoms with Crippen LogP contribution in [-0.2, 0) is 16.1 Å². The van der Waals surface area contributed by atoms with Gasteiger partial charge in [0, 0.05) is 54.4 Å². The summed E-state index contributed by atoms with van der Waals surface area (Å²) in [5, 5.41) is 3.01. The van der Waals surface area contributed by atoms with Crippen LogP contribution in [0.5, 0.6) is 0 Å². The molecule has 1 saturated heterocycles. The van der Waals surface area contributed by atoms with Crippen molar-refractivity contribution in [1.29, 1.82) is 0 Å². The Morgan fingerprint density at radius 3 is 2.62 bits per heavy atom. The Labute approximate surface area is 176 Å². The second-order valence-corrected chi connectivity index (χ2v) is 8.51. The van der Waals surface area contributed by atoms with E-state index in [1.807, 2.05) is 12.1 Å². The van der Waals surface area contributed by atoms with Crippen LogP contribution in [0.3, 0.4) is 0 Å². The number of aromatic nitrogens is 1. The number of aryl methyl sites for hydroxylation is 1. The highest BCUT2D eigenvalue weighted by Gasteiger charge is 2.24. The number of nitrogens with one attached hydrogen (secondary N) is 1. The number of primary amides is 1. The van der Waals surface area contributed by atoms with Gasteiger partial charge in [-0.05, 0) is 38.0 Å². The smallest absolute Gasteiger partial charge is 0.221 e. The summed E-state index contributed by atoms with van der Waals surface area (Å²) >= 11 is 1.69. The maximum absolute atomic E-state index is 12.3. The summed E-state index contributed by atoms with van der Waals surface area (Å²) in [7, 11) is 0. The third-order valence-electron chi connectivity index (χ3n) is 5.16. The molecule has 0 spiro atoms. The van der Waals surface area contributed by atoms with Gasteiger partial charge in [-0.3, -0.25) is 9.59 Å². The predicted molar refractivity (Wildman–Crippen MR) is 117 cm³/mol. The maximum atomic E-state index is 12.3. The largest absolute Gasteiger partial charge is 0.369 e. The fourth-order valence-corrected chi connectivity index (χ4v) is 4.26. The van der Waals surface area contributed by atoms with E-state index < -0.39 is 0 Å². The van der Waals surface area contributed by atoms with E-state index in [1.165, 1.54) is 10.5 Å². The second kappa shape index (κ2) is 10.3. The van der Waals surface area contributed by atoms with E-state index in [4.69, 9.17) is 5.73 Å². The number of pyridine rings is 1. The summed E-state index contributed by atoms with van der Waals surface area (Å²) < 4.78 is 0. The van der Waals surface area contributed by atoms with E-state index in [-0.39, 0.29) is 17.7 Å². The van der Waals surface area contributed by atoms with Crippen molar-refractivity contribution in [3.05, 3.63) is 53.7 Å². The molecule has 2 heterocycles. The van der Waals surface area contributed by atoms with Gasteiger partial charge in [0.1, 0.15) is 5.82 Å². The van der Waals surface area contributed by atoms with E-state index in [2.05, 4.69) is 46.4 Å². The van der Waals surface area contributed by atoms with Crippen molar-refractivity contribution in [2.24, 2.45) is 11.7 Å². The van der Waals surface area contributed by atoms with Crippen molar-refractivity contribution in [3.8, 4) is 0 Å². The minimum atomic E-state index is -0.221. The first kappa shape index (κ1) is 21.2. The van der Waals surface area contributed by atoms with Crippen LogP contribution in [0.1, 0.15) is 30.4 Å². The number of hydrogen-bond acceptors (Lipinski definition) is 5. The molecule has 0 radical (unpaired) electrons. The van der Waals surface area contributed by atoms with E-state index in [9.17, 15) is 9.59 Å². The van der Waals surface area contributed by atoms with E-state index in [0.717, 1.165) is 43.1 Å². The lowest BCUT2D eigenvalue weighted by molar-refractivity contribution is -0.122. The molecular formula is C22H28N4O2S. The fourth-order valence-electron chi connectivity index (χ4n) is 3.41. The summed E-state index contributed by atoms with van der Waals surface area (Å²) in [6.07, 6.45) is 3.72. The van der Waals surface area contributed by atoms with Gasteiger partial charge in [0.15, 0.2) is 0 Å². The Morgan fingerprint density at radius 1 is 1.21 bits per heavy atom. The van der Waals surface area contributed by atoms with Crippen LogP contribution in [0, 0.1) is 12.8 Å². The zero-order valence-corrected chi connectivity index (χ0v) is 17.6. The molecule has 29 heavy (non-hydrogen) atoms. The second-order valence-electron chi connectivity index (χ2n) is 7.34. The van der Waals surface area contributed by atoms with Gasteiger partial charge in [0.25, 0.3) is 0 Å². The summed E-state index contributed by atoms with van der Waals surface area (Å²) in [5.41, 5.74) is 7.65. The van der Waals surface area contributed by atoms with Crippen LogP contribution in [0.15, 0.2) is 47.5 Å². The molecule has 1 aliphatic rings. The SMILES string of the molecule is Cc1ccc(SCCC(=O)NCc2cccnc2N2CCC(C(N)=O)CC2)cc1. The molecule has 6 nitrogen and oxygen atoms in total. The lowest BCUT2D eigenvalue weighted by atomic mass is 9.96. The van der Waals surface area contributed by atoms with Gasteiger partial charge in [-0.25, -0.2) is 4.98 Å². The topological polar surface area (TPSA) is 88.3 Å². The molecule has 0 aliphatic carbocycles. The summed E-state index contributed by atoms with van der Waals surface area (Å²) in [4.78, 5) is 31.5. The van der Waals surface area contributed by atoms with Crippen molar-refractivity contribution in [3.63, 3.8) is 0 Å². The Balaban J connectivity index is 1.47. The number of nitrogens with zero attached hydrogens (tertiary/aromatic N) is 2. The van der Waals surface area contributed by atoms with Gasteiger partial charge in [-0.2, -0.15) is 0 Å². The molecule has 0 bridgehead atoms. The van der Waals surface area contributed by atoms with Crippen molar-refractivity contribution in [2.75, 3.05) is 23.7 Å². The lowest BCUT2D eigenvalue weighted by Gasteiger charge is -2.32. The Morgan fingerprint density at radius 2 is 1.93 bits per heavy atom. The van der Waals surface area contributed by atoms with Crippen LogP contribution in [0.25, 0.3) is 0 Å². The number of benzene rings is 1. The van der Waals surface area contributed by atoms with Crippen LogP contribution >= 0.6 is 11.8 Å². The number of anilines is 1. The Kier molecular flexibility index (Phi) is 7.52. The minimum absolute atomic E-state index is 0.0341. The highest BCUT2D eigenvalue weighted by atomic mass is 32.2. The molecule has 2 amide bonds. The predicted octanol–water partition coefficient (Wildman–Crippen LogP) is 2.89. The van der Waals surface area contributed by atoms with Gasteiger partial charge < -0.3 is 16.0 Å². The molecule has 1 fully saturated rings. The number of hydrogen-bond donors (Lipinski definition) is 2. The van der Waals surface area contributed by atoms with Crippen molar-refractivity contribution in [1.82, 2.24) is 10.3 Å². The summed E-state index contributed by atoms with van der Waals surface area (Å²) in [6.45, 7) is 4.01. The Hall–Kier alpha value is -2.54. The van der Waals surface area contributed by atoms with Gasteiger partial charge >= 0.3 is 0 Å². The first-order valence-electron chi connectivity index (χ1n) is 9.97. The molecule has 1 aliphatic heterocycles. The molecule has 0 atom stereocenters. The number of piperidine rings is 1. The van der Waals surface area contributed by atoms with Gasteiger partial charge in [-0.1, -0.05) is 23.8 Å². The minimum Gasteiger partial charge on any atom is -0.369 e. The number of rotatable bonds is 8. The van der Waals surface area contributed by atoms with Crippen molar-refractivity contribution in [2.45, 2.75) is 37.6 Å². The molecule has 0 unspecified atom stereocenters. The monoisotopic (exact) mass is 412 g/mol. The average Bonchev–Trinajstić information content (AvgIpc) is 2.74. The number of nitrogens with two attached hydrogens (primary N) is 1. The number of amides is 2. The van der Waals surface area contributed by atoms with Gasteiger partial charge in [-0.15, -0.1) is 11.8 Å². The van der Waals surface area contributed by atoms with Crippen molar-refractivity contribution >= 4 is 29.4 Å². The maximum Gasteiger partial charge on any atom is 0.221 e. The van der Waals surface area contributed by atoms with E-state index >= 15 is 0 Å². The van der Waals surface area contributed by atoms with Crippen LogP contribution < -0.4 is 16.0 Å². The summed E-state index contributed by atoms with van der Waals surface area (Å²) in [6, 6.07) is 12.2. The number of carbonyl (C=O) groups is 2. The number of thioether (sulfide) groups is 1. The van der Waals surface area contributed by atoms with Gasteiger partial charge in [0.2, 0.25) is 11.8 Å². The third kappa shape index (κ3) is 6.22. The average molecular weight is 413 g/mol. The highest BCUT2D eigenvalue weighted by Crippen LogP contribution is 2.24. The molecule has 2 aromatic rings. The zero-order chi connectivity index (χ0) is 20.6. The quantitative estimate of drug-likeness (QED) is 0.651. The molecule has 7 heteroatoms. The first-order valence-corrected chi connectivity index (χ1v) is 11.0. The number of carbonyl (C=O) groups excluding carboxylic acids is 2. The lowest BCUT2D eigenvalue weighted by Crippen LogP contribution is -2.39. The van der Waals surface area contributed by atoms with Crippen LogP contribution in [-0.4, -0.2) is 35.6 Å². The fraction of sp³-hybridized carbons (Fsp3) is 0.409. The normalized spacial score (nSPS) is 14.6. The highest BCUT2D eigenvalue weighted by molar-refractivity contribution is 7.99. The first-order chi connectivity index (χ1) is 14.0. The third-order valence-corrected chi connectivity index (χ3v) is 6.17. The van der Waals surface area contributed by atoms with Gasteiger partial charge in [0.05, 0.1) is 0 Å². The standard InChI is InChI=1S/C22H28N4O2S/c1-16-4-6-19(7-5-16)29-14-10-20(27)25-15-18-3-2-11-24-22(18)26-12-8-17(9-13-26)21(23)28/h2-7,11,17H,8-10,12-15H2,1H3,(H2,23,28)(H,25,27). The molecule has 1 aromatic heterocycles. The van der Waals surface area contributed by atoms with E-state index in [0.29, 0.717) is 13.0 Å². The molecule has 3 N–H and O–H groups in total. The van der Waals surface area contributed by atoms with Crippen molar-refractivity contribution < 1.29 is 9.59 Å². The Bertz CT molecular complexity index is 833. The van der Waals surface area contributed by atoms with E-state index in [1.54, 1.807) is 18.0 Å². The molecule has 3 rings (SSSR count).